The molecule has 7 nitrogen and oxygen atoms in total. The van der Waals surface area contributed by atoms with Gasteiger partial charge in [-0.15, -0.1) is 0 Å². The summed E-state index contributed by atoms with van der Waals surface area (Å²) in [7, 11) is 2.79. The Kier molecular flexibility index (Phi) is 5.12. The first-order chi connectivity index (χ1) is 14.1. The summed E-state index contributed by atoms with van der Waals surface area (Å²) in [5, 5.41) is 1.16. The molecular weight excluding hydrogens is 372 g/mol. The number of hydrogen-bond acceptors (Lipinski definition) is 5. The van der Waals surface area contributed by atoms with Crippen molar-refractivity contribution in [3.05, 3.63) is 59.3 Å². The number of ether oxygens (including phenoxy) is 3. The van der Waals surface area contributed by atoms with E-state index in [2.05, 4.69) is 21.9 Å². The number of carbonyl (C=O) groups excluding carboxylic acids is 2. The number of aromatic amines is 1. The molecule has 0 radical (unpaired) electrons. The molecule has 0 saturated carbocycles. The Morgan fingerprint density at radius 3 is 2.72 bits per heavy atom. The van der Waals surface area contributed by atoms with Crippen LogP contribution in [0.15, 0.2) is 42.5 Å². The van der Waals surface area contributed by atoms with Crippen LogP contribution in [0.25, 0.3) is 10.9 Å². The van der Waals surface area contributed by atoms with Gasteiger partial charge in [-0.25, -0.2) is 4.79 Å². The SMILES string of the molecule is COC(=O)COc1ccc(C(=O)N2CCc3[nH]c4ccccc4c3C2)cc1OC. The standard InChI is InChI=1S/C22H22N2O5/c1-27-20-11-14(7-8-19(20)29-13-21(25)28-2)22(26)24-10-9-18-16(12-24)15-5-3-4-6-17(15)23-18/h3-8,11,23H,9-10,12-13H2,1-2H3. The Morgan fingerprint density at radius 1 is 1.10 bits per heavy atom. The molecule has 0 aliphatic carbocycles. The number of H-pyrrole nitrogens is 1. The topological polar surface area (TPSA) is 80.9 Å². The minimum atomic E-state index is -0.491. The van der Waals surface area contributed by atoms with Crippen LogP contribution in [0.5, 0.6) is 11.5 Å². The first kappa shape index (κ1) is 18.9. The fourth-order valence-electron chi connectivity index (χ4n) is 3.64. The zero-order valence-corrected chi connectivity index (χ0v) is 16.4. The summed E-state index contributed by atoms with van der Waals surface area (Å²) in [6, 6.07) is 13.1. The summed E-state index contributed by atoms with van der Waals surface area (Å²) in [6.45, 7) is 0.971. The Labute approximate surface area is 168 Å². The highest BCUT2D eigenvalue weighted by molar-refractivity contribution is 5.95. The second-order valence-electron chi connectivity index (χ2n) is 6.83. The minimum absolute atomic E-state index is 0.0706. The molecular formula is C22H22N2O5. The molecule has 2 heterocycles. The summed E-state index contributed by atoms with van der Waals surface area (Å²) in [5.74, 6) is 0.213. The lowest BCUT2D eigenvalue weighted by Crippen LogP contribution is -2.35. The summed E-state index contributed by atoms with van der Waals surface area (Å²) >= 11 is 0. The van der Waals surface area contributed by atoms with Crippen molar-refractivity contribution in [3.8, 4) is 11.5 Å². The molecule has 1 aliphatic heterocycles. The smallest absolute Gasteiger partial charge is 0.343 e. The van der Waals surface area contributed by atoms with E-state index in [4.69, 9.17) is 9.47 Å². The number of aromatic nitrogens is 1. The summed E-state index contributed by atoms with van der Waals surface area (Å²) in [4.78, 5) is 29.7. The number of esters is 1. The third-order valence-corrected chi connectivity index (χ3v) is 5.15. The van der Waals surface area contributed by atoms with E-state index in [1.807, 2.05) is 17.0 Å². The third-order valence-electron chi connectivity index (χ3n) is 5.15. The second kappa shape index (κ2) is 7.87. The number of rotatable bonds is 5. The summed E-state index contributed by atoms with van der Waals surface area (Å²) in [6.07, 6.45) is 0.785. The zero-order chi connectivity index (χ0) is 20.4. The Morgan fingerprint density at radius 2 is 1.93 bits per heavy atom. The molecule has 4 rings (SSSR count). The first-order valence-corrected chi connectivity index (χ1v) is 9.36. The number of para-hydroxylation sites is 1. The summed E-state index contributed by atoms with van der Waals surface area (Å²) < 4.78 is 15.3. The molecule has 2 aromatic carbocycles. The Bertz CT molecular complexity index is 1070. The third kappa shape index (κ3) is 3.63. The van der Waals surface area contributed by atoms with Gasteiger partial charge in [0.25, 0.3) is 5.91 Å². The van der Waals surface area contributed by atoms with Gasteiger partial charge >= 0.3 is 5.97 Å². The van der Waals surface area contributed by atoms with E-state index < -0.39 is 5.97 Å². The molecule has 1 aromatic heterocycles. The molecule has 0 spiro atoms. The molecule has 1 amide bonds. The molecule has 0 bridgehead atoms. The maximum Gasteiger partial charge on any atom is 0.343 e. The molecule has 1 aliphatic rings. The maximum atomic E-state index is 13.1. The molecule has 0 saturated heterocycles. The lowest BCUT2D eigenvalue weighted by Gasteiger charge is -2.27. The fraction of sp³-hybridized carbons (Fsp3) is 0.273. The number of methoxy groups -OCH3 is 2. The number of carbonyl (C=O) groups is 2. The minimum Gasteiger partial charge on any atom is -0.493 e. The van der Waals surface area contributed by atoms with Crippen molar-refractivity contribution in [2.75, 3.05) is 27.4 Å². The van der Waals surface area contributed by atoms with Crippen molar-refractivity contribution < 1.29 is 23.8 Å². The van der Waals surface area contributed by atoms with Crippen LogP contribution in [0.2, 0.25) is 0 Å². The van der Waals surface area contributed by atoms with Crippen molar-refractivity contribution in [1.29, 1.82) is 0 Å². The number of nitrogens with one attached hydrogen (secondary N) is 1. The van der Waals surface area contributed by atoms with Crippen molar-refractivity contribution >= 4 is 22.8 Å². The van der Waals surface area contributed by atoms with Crippen LogP contribution in [0.3, 0.4) is 0 Å². The van der Waals surface area contributed by atoms with Crippen LogP contribution in [0.1, 0.15) is 21.6 Å². The van der Waals surface area contributed by atoms with Gasteiger partial charge in [-0.1, -0.05) is 18.2 Å². The molecule has 0 atom stereocenters. The number of fused-ring (bicyclic) bond motifs is 3. The number of hydrogen-bond donors (Lipinski definition) is 1. The number of amides is 1. The van der Waals surface area contributed by atoms with Crippen molar-refractivity contribution in [1.82, 2.24) is 9.88 Å². The van der Waals surface area contributed by atoms with Gasteiger partial charge in [-0.3, -0.25) is 4.79 Å². The molecule has 0 fully saturated rings. The summed E-state index contributed by atoms with van der Waals surface area (Å²) in [5.41, 5.74) is 3.97. The van der Waals surface area contributed by atoms with Crippen LogP contribution in [0.4, 0.5) is 0 Å². The largest absolute Gasteiger partial charge is 0.493 e. The van der Waals surface area contributed by atoms with Gasteiger partial charge in [0.15, 0.2) is 18.1 Å². The quantitative estimate of drug-likeness (QED) is 0.673. The molecule has 3 aromatic rings. The van der Waals surface area contributed by atoms with Gasteiger partial charge < -0.3 is 24.1 Å². The lowest BCUT2D eigenvalue weighted by molar-refractivity contribution is -0.142. The fourth-order valence-corrected chi connectivity index (χ4v) is 3.64. The second-order valence-corrected chi connectivity index (χ2v) is 6.83. The number of benzene rings is 2. The van der Waals surface area contributed by atoms with Gasteiger partial charge in [-0.05, 0) is 24.3 Å². The van der Waals surface area contributed by atoms with Crippen molar-refractivity contribution in [2.45, 2.75) is 13.0 Å². The van der Waals surface area contributed by atoms with Gasteiger partial charge in [0.2, 0.25) is 0 Å². The monoisotopic (exact) mass is 394 g/mol. The molecule has 7 heteroatoms. The van der Waals surface area contributed by atoms with E-state index >= 15 is 0 Å². The van der Waals surface area contributed by atoms with E-state index in [1.54, 1.807) is 18.2 Å². The van der Waals surface area contributed by atoms with Crippen molar-refractivity contribution in [2.24, 2.45) is 0 Å². The van der Waals surface area contributed by atoms with E-state index in [-0.39, 0.29) is 12.5 Å². The van der Waals surface area contributed by atoms with Gasteiger partial charge in [0.1, 0.15) is 0 Å². The highest BCUT2D eigenvalue weighted by Gasteiger charge is 2.25. The van der Waals surface area contributed by atoms with E-state index in [0.717, 1.165) is 17.3 Å². The maximum absolute atomic E-state index is 13.1. The van der Waals surface area contributed by atoms with Crippen LogP contribution >= 0.6 is 0 Å². The van der Waals surface area contributed by atoms with Gasteiger partial charge in [0.05, 0.1) is 14.2 Å². The number of nitrogens with zero attached hydrogens (tertiary/aromatic N) is 1. The van der Waals surface area contributed by atoms with E-state index in [0.29, 0.717) is 30.2 Å². The van der Waals surface area contributed by atoms with Crippen LogP contribution in [-0.4, -0.2) is 49.1 Å². The van der Waals surface area contributed by atoms with Crippen LogP contribution in [0, 0.1) is 0 Å². The predicted octanol–water partition coefficient (Wildman–Crippen LogP) is 2.93. The van der Waals surface area contributed by atoms with E-state index in [1.165, 1.54) is 25.5 Å². The van der Waals surface area contributed by atoms with Crippen LogP contribution < -0.4 is 9.47 Å². The van der Waals surface area contributed by atoms with E-state index in [9.17, 15) is 9.59 Å². The highest BCUT2D eigenvalue weighted by atomic mass is 16.6. The highest BCUT2D eigenvalue weighted by Crippen LogP contribution is 2.31. The van der Waals surface area contributed by atoms with Crippen LogP contribution in [-0.2, 0) is 22.5 Å². The van der Waals surface area contributed by atoms with Gasteiger partial charge in [0, 0.05) is 47.2 Å². The first-order valence-electron chi connectivity index (χ1n) is 9.36. The van der Waals surface area contributed by atoms with Gasteiger partial charge in [-0.2, -0.15) is 0 Å². The molecule has 1 N–H and O–H groups in total. The molecule has 150 valence electrons. The Balaban J connectivity index is 1.54. The molecule has 29 heavy (non-hydrogen) atoms. The lowest BCUT2D eigenvalue weighted by atomic mass is 10.0. The molecule has 0 unspecified atom stereocenters. The normalized spacial score (nSPS) is 13.1. The van der Waals surface area contributed by atoms with Crippen molar-refractivity contribution in [3.63, 3.8) is 0 Å². The predicted molar refractivity (Wildman–Crippen MR) is 107 cm³/mol. The Hall–Kier alpha value is -3.48. The average molecular weight is 394 g/mol. The zero-order valence-electron chi connectivity index (χ0n) is 16.4. The average Bonchev–Trinajstić information content (AvgIpc) is 3.14.